The molecule has 4 nitrogen and oxygen atoms in total. The molecule has 0 aliphatic heterocycles. The van der Waals surface area contributed by atoms with Crippen molar-refractivity contribution in [2.45, 2.75) is 6.92 Å². The zero-order valence-corrected chi connectivity index (χ0v) is 11.7. The molecule has 0 aliphatic carbocycles. The van der Waals surface area contributed by atoms with Crippen LogP contribution < -0.4 is 9.47 Å². The highest BCUT2D eigenvalue weighted by Gasteiger charge is 2.07. The summed E-state index contributed by atoms with van der Waals surface area (Å²) < 4.78 is 15.7. The summed E-state index contributed by atoms with van der Waals surface area (Å²) in [5, 5.41) is 0. The summed E-state index contributed by atoms with van der Waals surface area (Å²) in [4.78, 5) is 11.9. The Morgan fingerprint density at radius 2 is 1.95 bits per heavy atom. The van der Waals surface area contributed by atoms with Crippen LogP contribution in [0.2, 0.25) is 0 Å². The highest BCUT2D eigenvalue weighted by molar-refractivity contribution is 6.05. The van der Waals surface area contributed by atoms with E-state index in [0.29, 0.717) is 23.0 Å². The Morgan fingerprint density at radius 1 is 1.15 bits per heavy atom. The molecule has 4 heteroatoms. The van der Waals surface area contributed by atoms with Crippen LogP contribution in [0.5, 0.6) is 11.5 Å². The van der Waals surface area contributed by atoms with E-state index in [1.54, 1.807) is 45.4 Å². The van der Waals surface area contributed by atoms with Crippen molar-refractivity contribution in [3.8, 4) is 11.5 Å². The third kappa shape index (κ3) is 3.09. The predicted molar refractivity (Wildman–Crippen MR) is 76.4 cm³/mol. The summed E-state index contributed by atoms with van der Waals surface area (Å²) >= 11 is 0. The third-order valence-corrected chi connectivity index (χ3v) is 2.84. The fraction of sp³-hybridized carbons (Fsp3) is 0.188. The second-order valence-electron chi connectivity index (χ2n) is 4.22. The number of allylic oxidation sites excluding steroid dienone is 1. The van der Waals surface area contributed by atoms with Crippen molar-refractivity contribution in [2.24, 2.45) is 0 Å². The normalized spacial score (nSPS) is 10.8. The van der Waals surface area contributed by atoms with Gasteiger partial charge in [0.25, 0.3) is 0 Å². The van der Waals surface area contributed by atoms with Crippen LogP contribution in [0.4, 0.5) is 0 Å². The molecular weight excluding hydrogens is 256 g/mol. The molecule has 0 bridgehead atoms. The number of methoxy groups -OCH3 is 2. The minimum Gasteiger partial charge on any atom is -0.497 e. The van der Waals surface area contributed by atoms with Crippen LogP contribution in [0.1, 0.15) is 21.9 Å². The molecule has 0 radical (unpaired) electrons. The molecule has 0 saturated carbocycles. The van der Waals surface area contributed by atoms with E-state index >= 15 is 0 Å². The van der Waals surface area contributed by atoms with Crippen molar-refractivity contribution >= 4 is 11.9 Å². The molecule has 104 valence electrons. The number of carbonyl (C=O) groups is 1. The van der Waals surface area contributed by atoms with Gasteiger partial charge in [0.15, 0.2) is 5.76 Å². The average molecular weight is 272 g/mol. The Bertz CT molecular complexity index is 638. The number of carbonyl (C=O) groups excluding carboxylic acids is 1. The van der Waals surface area contributed by atoms with Gasteiger partial charge in [0.1, 0.15) is 17.3 Å². The molecule has 20 heavy (non-hydrogen) atoms. The molecule has 2 rings (SSSR count). The molecule has 2 aromatic rings. The first kappa shape index (κ1) is 13.9. The quantitative estimate of drug-likeness (QED) is 0.617. The van der Waals surface area contributed by atoms with E-state index in [1.807, 2.05) is 12.1 Å². The molecule has 0 N–H and O–H groups in total. The first-order chi connectivity index (χ1) is 9.63. The summed E-state index contributed by atoms with van der Waals surface area (Å²) in [6.45, 7) is 1.80. The SMILES string of the molecule is COc1ccc(C=CC(=O)c2ccc(C)o2)c(OC)c1. The van der Waals surface area contributed by atoms with Crippen LogP contribution in [0, 0.1) is 6.92 Å². The number of aryl methyl sites for hydroxylation is 1. The standard InChI is InChI=1S/C16H16O4/c1-11-4-9-15(20-11)14(17)8-6-12-5-7-13(18-2)10-16(12)19-3/h4-10H,1-3H3. The maximum Gasteiger partial charge on any atom is 0.221 e. The molecule has 0 atom stereocenters. The second-order valence-corrected chi connectivity index (χ2v) is 4.22. The summed E-state index contributed by atoms with van der Waals surface area (Å²) in [5.74, 6) is 2.20. The van der Waals surface area contributed by atoms with Gasteiger partial charge in [-0.05, 0) is 43.3 Å². The van der Waals surface area contributed by atoms with Gasteiger partial charge >= 0.3 is 0 Å². The maximum atomic E-state index is 11.9. The van der Waals surface area contributed by atoms with E-state index in [9.17, 15) is 4.79 Å². The van der Waals surface area contributed by atoms with Gasteiger partial charge in [-0.2, -0.15) is 0 Å². The zero-order valence-electron chi connectivity index (χ0n) is 11.7. The monoisotopic (exact) mass is 272 g/mol. The number of ketones is 1. The number of furan rings is 1. The molecule has 0 saturated heterocycles. The van der Waals surface area contributed by atoms with E-state index in [1.165, 1.54) is 6.08 Å². The third-order valence-electron chi connectivity index (χ3n) is 2.84. The minimum absolute atomic E-state index is 0.184. The van der Waals surface area contributed by atoms with E-state index in [4.69, 9.17) is 13.9 Å². The number of ether oxygens (including phenoxy) is 2. The molecule has 0 amide bonds. The van der Waals surface area contributed by atoms with Crippen molar-refractivity contribution in [2.75, 3.05) is 14.2 Å². The van der Waals surface area contributed by atoms with E-state index in [-0.39, 0.29) is 5.78 Å². The molecule has 0 aliphatic rings. The molecule has 0 unspecified atom stereocenters. The summed E-state index contributed by atoms with van der Waals surface area (Å²) in [7, 11) is 3.16. The van der Waals surface area contributed by atoms with Crippen LogP contribution in [-0.4, -0.2) is 20.0 Å². The van der Waals surface area contributed by atoms with Crippen LogP contribution in [-0.2, 0) is 0 Å². The molecular formula is C16H16O4. The topological polar surface area (TPSA) is 48.7 Å². The first-order valence-electron chi connectivity index (χ1n) is 6.15. The van der Waals surface area contributed by atoms with Gasteiger partial charge < -0.3 is 13.9 Å². The number of benzene rings is 1. The maximum absolute atomic E-state index is 11.9. The van der Waals surface area contributed by atoms with Crippen LogP contribution >= 0.6 is 0 Å². The first-order valence-corrected chi connectivity index (χ1v) is 6.15. The Kier molecular flexibility index (Phi) is 4.25. The van der Waals surface area contributed by atoms with Crippen molar-refractivity contribution in [1.29, 1.82) is 0 Å². The Morgan fingerprint density at radius 3 is 2.55 bits per heavy atom. The van der Waals surface area contributed by atoms with Crippen molar-refractivity contribution in [3.05, 3.63) is 53.5 Å². The van der Waals surface area contributed by atoms with Crippen molar-refractivity contribution in [3.63, 3.8) is 0 Å². The lowest BCUT2D eigenvalue weighted by Crippen LogP contribution is -1.92. The lowest BCUT2D eigenvalue weighted by atomic mass is 10.1. The highest BCUT2D eigenvalue weighted by atomic mass is 16.5. The van der Waals surface area contributed by atoms with E-state index in [2.05, 4.69) is 0 Å². The van der Waals surface area contributed by atoms with Crippen LogP contribution in [0.25, 0.3) is 6.08 Å². The van der Waals surface area contributed by atoms with Gasteiger partial charge in [0, 0.05) is 11.6 Å². The van der Waals surface area contributed by atoms with Gasteiger partial charge in [-0.25, -0.2) is 0 Å². The predicted octanol–water partition coefficient (Wildman–Crippen LogP) is 3.50. The van der Waals surface area contributed by atoms with E-state index in [0.717, 1.165) is 5.56 Å². The van der Waals surface area contributed by atoms with Crippen LogP contribution in [0.15, 0.2) is 40.8 Å². The van der Waals surface area contributed by atoms with Crippen molar-refractivity contribution < 1.29 is 18.7 Å². The smallest absolute Gasteiger partial charge is 0.221 e. The zero-order chi connectivity index (χ0) is 14.5. The summed E-state index contributed by atoms with van der Waals surface area (Å²) in [6.07, 6.45) is 3.15. The number of hydrogen-bond donors (Lipinski definition) is 0. The largest absolute Gasteiger partial charge is 0.497 e. The number of hydrogen-bond acceptors (Lipinski definition) is 4. The second kappa shape index (κ2) is 6.10. The van der Waals surface area contributed by atoms with Gasteiger partial charge in [-0.3, -0.25) is 4.79 Å². The van der Waals surface area contributed by atoms with Gasteiger partial charge in [-0.15, -0.1) is 0 Å². The van der Waals surface area contributed by atoms with E-state index < -0.39 is 0 Å². The van der Waals surface area contributed by atoms with Gasteiger partial charge in [-0.1, -0.05) is 0 Å². The Labute approximate surface area is 117 Å². The summed E-state index contributed by atoms with van der Waals surface area (Å²) in [5.41, 5.74) is 0.796. The molecule has 0 spiro atoms. The molecule has 1 aromatic carbocycles. The molecule has 1 aromatic heterocycles. The fourth-order valence-corrected chi connectivity index (χ4v) is 1.77. The lowest BCUT2D eigenvalue weighted by molar-refractivity contribution is 0.102. The van der Waals surface area contributed by atoms with Crippen molar-refractivity contribution in [1.82, 2.24) is 0 Å². The highest BCUT2D eigenvalue weighted by Crippen LogP contribution is 2.25. The summed E-state index contributed by atoms with van der Waals surface area (Å²) in [6, 6.07) is 8.82. The Hall–Kier alpha value is -2.49. The number of rotatable bonds is 5. The minimum atomic E-state index is -0.184. The Balaban J connectivity index is 2.20. The lowest BCUT2D eigenvalue weighted by Gasteiger charge is -2.06. The fourth-order valence-electron chi connectivity index (χ4n) is 1.77. The van der Waals surface area contributed by atoms with Gasteiger partial charge in [0.05, 0.1) is 14.2 Å². The van der Waals surface area contributed by atoms with Crippen LogP contribution in [0.3, 0.4) is 0 Å². The van der Waals surface area contributed by atoms with Gasteiger partial charge in [0.2, 0.25) is 5.78 Å². The molecule has 1 heterocycles. The average Bonchev–Trinajstić information content (AvgIpc) is 2.91. The molecule has 0 fully saturated rings.